The summed E-state index contributed by atoms with van der Waals surface area (Å²) in [6, 6.07) is 1.71. The van der Waals surface area contributed by atoms with Gasteiger partial charge in [0, 0.05) is 23.1 Å². The fourth-order valence-electron chi connectivity index (χ4n) is 1.04. The van der Waals surface area contributed by atoms with Gasteiger partial charge in [0.1, 0.15) is 5.15 Å². The first kappa shape index (κ1) is 10.9. The normalized spacial score (nSPS) is 12.9. The number of hydrogen-bond acceptors (Lipinski definition) is 3. The Morgan fingerprint density at radius 3 is 2.92 bits per heavy atom. The van der Waals surface area contributed by atoms with Crippen LogP contribution in [0.15, 0.2) is 16.7 Å². The second-order valence-corrected chi connectivity index (χ2v) is 3.89. The molecule has 1 unspecified atom stereocenters. The molecule has 0 radical (unpaired) electrons. The summed E-state index contributed by atoms with van der Waals surface area (Å²) in [6.07, 6.45) is 1.61. The topological polar surface area (TPSA) is 59.1 Å². The van der Waals surface area contributed by atoms with Crippen LogP contribution in [0.2, 0.25) is 5.15 Å². The van der Waals surface area contributed by atoms with Crippen molar-refractivity contribution in [3.63, 3.8) is 0 Å². The van der Waals surface area contributed by atoms with E-state index in [-0.39, 0.29) is 12.5 Å². The summed E-state index contributed by atoms with van der Waals surface area (Å²) in [5.74, 6) is -0.0881. The molecule has 0 aliphatic carbocycles. The summed E-state index contributed by atoms with van der Waals surface area (Å²) in [4.78, 5) is 3.89. The molecule has 0 saturated heterocycles. The lowest BCUT2D eigenvalue weighted by molar-refractivity contribution is 0.267. The van der Waals surface area contributed by atoms with Crippen LogP contribution in [0.4, 0.5) is 0 Å². The lowest BCUT2D eigenvalue weighted by Crippen LogP contribution is -2.16. The summed E-state index contributed by atoms with van der Waals surface area (Å²) in [6.45, 7) is 0.394. The Hall–Kier alpha value is -0.160. The number of halogens is 2. The van der Waals surface area contributed by atoms with Gasteiger partial charge in [-0.25, -0.2) is 4.98 Å². The molecule has 1 atom stereocenters. The molecule has 72 valence electrons. The number of rotatable bonds is 3. The Balaban J connectivity index is 3.03. The SMILES string of the molecule is NCC(CO)c1cc(Cl)ncc1Br. The molecule has 0 aliphatic rings. The van der Waals surface area contributed by atoms with Gasteiger partial charge in [-0.1, -0.05) is 11.6 Å². The second kappa shape index (κ2) is 4.91. The molecule has 1 aromatic rings. The third-order valence-corrected chi connectivity index (χ3v) is 2.67. The molecular formula is C8H10BrClN2O. The number of aliphatic hydroxyl groups is 1. The molecule has 0 saturated carbocycles. The summed E-state index contributed by atoms with van der Waals surface area (Å²) < 4.78 is 0.821. The lowest BCUT2D eigenvalue weighted by Gasteiger charge is -2.13. The first-order valence-electron chi connectivity index (χ1n) is 3.81. The summed E-state index contributed by atoms with van der Waals surface area (Å²) in [5.41, 5.74) is 6.38. The Kier molecular flexibility index (Phi) is 4.12. The van der Waals surface area contributed by atoms with E-state index in [2.05, 4.69) is 20.9 Å². The highest BCUT2D eigenvalue weighted by atomic mass is 79.9. The first-order valence-corrected chi connectivity index (χ1v) is 4.98. The zero-order chi connectivity index (χ0) is 9.84. The molecule has 0 fully saturated rings. The van der Waals surface area contributed by atoms with Gasteiger partial charge in [-0.2, -0.15) is 0 Å². The van der Waals surface area contributed by atoms with Crippen molar-refractivity contribution in [2.24, 2.45) is 5.73 Å². The van der Waals surface area contributed by atoms with E-state index in [9.17, 15) is 0 Å². The van der Waals surface area contributed by atoms with E-state index in [1.807, 2.05) is 0 Å². The van der Waals surface area contributed by atoms with Gasteiger partial charge in [0.25, 0.3) is 0 Å². The summed E-state index contributed by atoms with van der Waals surface area (Å²) in [5, 5.41) is 9.44. The minimum atomic E-state index is -0.0881. The molecule has 0 bridgehead atoms. The van der Waals surface area contributed by atoms with Crippen molar-refractivity contribution >= 4 is 27.5 Å². The maximum Gasteiger partial charge on any atom is 0.129 e. The molecule has 0 amide bonds. The highest BCUT2D eigenvalue weighted by Gasteiger charge is 2.12. The third kappa shape index (κ3) is 2.64. The highest BCUT2D eigenvalue weighted by molar-refractivity contribution is 9.10. The zero-order valence-corrected chi connectivity index (χ0v) is 9.22. The molecule has 3 nitrogen and oxygen atoms in total. The molecular weight excluding hydrogens is 255 g/mol. The predicted molar refractivity (Wildman–Crippen MR) is 55.8 cm³/mol. The van der Waals surface area contributed by atoms with E-state index in [1.54, 1.807) is 12.3 Å². The molecule has 1 heterocycles. The summed E-state index contributed by atoms with van der Waals surface area (Å²) >= 11 is 9.05. The fourth-order valence-corrected chi connectivity index (χ4v) is 1.75. The van der Waals surface area contributed by atoms with Crippen LogP contribution in [0.3, 0.4) is 0 Å². The number of nitrogens with two attached hydrogens (primary N) is 1. The van der Waals surface area contributed by atoms with Crippen LogP contribution in [0.25, 0.3) is 0 Å². The largest absolute Gasteiger partial charge is 0.396 e. The number of hydrogen-bond donors (Lipinski definition) is 2. The maximum absolute atomic E-state index is 9.03. The minimum Gasteiger partial charge on any atom is -0.396 e. The van der Waals surface area contributed by atoms with Crippen molar-refractivity contribution in [1.29, 1.82) is 0 Å². The van der Waals surface area contributed by atoms with Gasteiger partial charge in [0.15, 0.2) is 0 Å². The molecule has 5 heteroatoms. The number of pyridine rings is 1. The Labute approximate surface area is 90.1 Å². The number of aromatic nitrogens is 1. The average Bonchev–Trinajstić information content (AvgIpc) is 2.13. The molecule has 0 aliphatic heterocycles. The van der Waals surface area contributed by atoms with Gasteiger partial charge in [-0.05, 0) is 27.6 Å². The van der Waals surface area contributed by atoms with Crippen LogP contribution in [-0.2, 0) is 0 Å². The molecule has 3 N–H and O–H groups in total. The van der Waals surface area contributed by atoms with Crippen molar-refractivity contribution in [1.82, 2.24) is 4.98 Å². The van der Waals surface area contributed by atoms with Crippen LogP contribution >= 0.6 is 27.5 Å². The monoisotopic (exact) mass is 264 g/mol. The van der Waals surface area contributed by atoms with Gasteiger partial charge < -0.3 is 10.8 Å². The van der Waals surface area contributed by atoms with Crippen LogP contribution in [0.1, 0.15) is 11.5 Å². The number of aliphatic hydroxyl groups excluding tert-OH is 1. The Morgan fingerprint density at radius 1 is 1.69 bits per heavy atom. The van der Waals surface area contributed by atoms with Crippen molar-refractivity contribution in [3.8, 4) is 0 Å². The van der Waals surface area contributed by atoms with E-state index < -0.39 is 0 Å². The third-order valence-electron chi connectivity index (χ3n) is 1.80. The van der Waals surface area contributed by atoms with E-state index in [1.165, 1.54) is 0 Å². The Bertz CT molecular complexity index is 291. The molecule has 1 aromatic heterocycles. The zero-order valence-electron chi connectivity index (χ0n) is 6.87. The van der Waals surface area contributed by atoms with E-state index in [4.69, 9.17) is 22.4 Å². The van der Waals surface area contributed by atoms with Gasteiger partial charge in [0.2, 0.25) is 0 Å². The molecule has 1 rings (SSSR count). The van der Waals surface area contributed by atoms with E-state index >= 15 is 0 Å². The second-order valence-electron chi connectivity index (χ2n) is 2.64. The smallest absolute Gasteiger partial charge is 0.129 e. The minimum absolute atomic E-state index is 0.00937. The molecule has 13 heavy (non-hydrogen) atoms. The van der Waals surface area contributed by atoms with Crippen LogP contribution in [0.5, 0.6) is 0 Å². The molecule has 0 spiro atoms. The van der Waals surface area contributed by atoms with Gasteiger partial charge in [0.05, 0.1) is 6.61 Å². The van der Waals surface area contributed by atoms with Crippen molar-refractivity contribution in [2.75, 3.05) is 13.2 Å². The highest BCUT2D eigenvalue weighted by Crippen LogP contribution is 2.25. The predicted octanol–water partition coefficient (Wildman–Crippen LogP) is 1.53. The van der Waals surface area contributed by atoms with Crippen molar-refractivity contribution in [2.45, 2.75) is 5.92 Å². The maximum atomic E-state index is 9.03. The van der Waals surface area contributed by atoms with Crippen LogP contribution in [-0.4, -0.2) is 23.2 Å². The quantitative estimate of drug-likeness (QED) is 0.815. The van der Waals surface area contributed by atoms with Crippen molar-refractivity contribution < 1.29 is 5.11 Å². The van der Waals surface area contributed by atoms with Crippen molar-refractivity contribution in [3.05, 3.63) is 27.5 Å². The number of nitrogens with zero attached hydrogens (tertiary/aromatic N) is 1. The lowest BCUT2D eigenvalue weighted by atomic mass is 10.0. The van der Waals surface area contributed by atoms with E-state index in [0.717, 1.165) is 10.0 Å². The van der Waals surface area contributed by atoms with Crippen LogP contribution in [0, 0.1) is 0 Å². The van der Waals surface area contributed by atoms with Gasteiger partial charge >= 0.3 is 0 Å². The van der Waals surface area contributed by atoms with E-state index in [0.29, 0.717) is 11.7 Å². The standard InChI is InChI=1S/C8H10BrClN2O/c9-7-3-12-8(10)1-6(7)5(2-11)4-13/h1,3,5,13H,2,4,11H2. The summed E-state index contributed by atoms with van der Waals surface area (Å²) in [7, 11) is 0. The first-order chi connectivity index (χ1) is 6.19. The average molecular weight is 266 g/mol. The van der Waals surface area contributed by atoms with Gasteiger partial charge in [-0.3, -0.25) is 0 Å². The van der Waals surface area contributed by atoms with Gasteiger partial charge in [-0.15, -0.1) is 0 Å². The molecule has 0 aromatic carbocycles. The van der Waals surface area contributed by atoms with Crippen LogP contribution < -0.4 is 5.73 Å². The fraction of sp³-hybridized carbons (Fsp3) is 0.375. The Morgan fingerprint density at radius 2 is 2.38 bits per heavy atom.